The second-order valence-electron chi connectivity index (χ2n) is 5.09. The number of hydrogen-bond donors (Lipinski definition) is 1. The van der Waals surface area contributed by atoms with E-state index < -0.39 is 10.5 Å². The van der Waals surface area contributed by atoms with Crippen LogP contribution >= 0.6 is 0 Å². The van der Waals surface area contributed by atoms with Crippen molar-refractivity contribution in [1.29, 1.82) is 0 Å². The Morgan fingerprint density at radius 3 is 2.53 bits per heavy atom. The molecule has 1 N–H and O–H groups in total. The van der Waals surface area contributed by atoms with Crippen molar-refractivity contribution in [3.8, 4) is 0 Å². The summed E-state index contributed by atoms with van der Waals surface area (Å²) in [5, 5.41) is 20.1. The van der Waals surface area contributed by atoms with Crippen molar-refractivity contribution in [3.63, 3.8) is 0 Å². The van der Waals surface area contributed by atoms with Gasteiger partial charge in [0.25, 0.3) is 11.6 Å². The number of nitrogens with zero attached hydrogens (tertiary/aromatic N) is 2. The second-order valence-corrected chi connectivity index (χ2v) is 5.09. The lowest BCUT2D eigenvalue weighted by Crippen LogP contribution is -2.47. The second kappa shape index (κ2) is 5.36. The molecule has 1 aromatic carbocycles. The summed E-state index contributed by atoms with van der Waals surface area (Å²) in [5.74, 6) is -0.359. The lowest BCUT2D eigenvalue weighted by atomic mass is 10.0. The zero-order valence-corrected chi connectivity index (χ0v) is 11.5. The molecular formula is C13H18N2O4. The minimum atomic E-state index is -0.725. The zero-order chi connectivity index (χ0) is 14.8. The summed E-state index contributed by atoms with van der Waals surface area (Å²) in [6, 6.07) is 4.36. The molecule has 1 aromatic rings. The van der Waals surface area contributed by atoms with Crippen LogP contribution in [0.3, 0.4) is 0 Å². The number of nitro benzene ring substituents is 1. The fourth-order valence-corrected chi connectivity index (χ4v) is 1.51. The van der Waals surface area contributed by atoms with Crippen molar-refractivity contribution in [2.75, 3.05) is 13.7 Å². The van der Waals surface area contributed by atoms with Gasteiger partial charge in [-0.15, -0.1) is 0 Å². The van der Waals surface area contributed by atoms with Crippen LogP contribution in [0.15, 0.2) is 18.2 Å². The Morgan fingerprint density at radius 2 is 2.05 bits per heavy atom. The minimum absolute atomic E-state index is 0.0824. The molecule has 19 heavy (non-hydrogen) atoms. The normalized spacial score (nSPS) is 11.2. The first-order valence-electron chi connectivity index (χ1n) is 5.85. The van der Waals surface area contributed by atoms with Crippen molar-refractivity contribution in [1.82, 2.24) is 4.90 Å². The van der Waals surface area contributed by atoms with Gasteiger partial charge in [0.15, 0.2) is 0 Å². The largest absolute Gasteiger partial charge is 0.394 e. The fourth-order valence-electron chi connectivity index (χ4n) is 1.51. The number of benzene rings is 1. The summed E-state index contributed by atoms with van der Waals surface area (Å²) >= 11 is 0. The van der Waals surface area contributed by atoms with E-state index in [9.17, 15) is 20.0 Å². The molecule has 0 spiro atoms. The van der Waals surface area contributed by atoms with Crippen LogP contribution in [0, 0.1) is 17.0 Å². The van der Waals surface area contributed by atoms with Gasteiger partial charge in [0, 0.05) is 24.2 Å². The third-order valence-electron chi connectivity index (χ3n) is 3.25. The van der Waals surface area contributed by atoms with Gasteiger partial charge in [0.1, 0.15) is 0 Å². The highest BCUT2D eigenvalue weighted by Gasteiger charge is 2.28. The lowest BCUT2D eigenvalue weighted by Gasteiger charge is -2.33. The number of aliphatic hydroxyl groups is 1. The molecule has 0 atom stereocenters. The van der Waals surface area contributed by atoms with Gasteiger partial charge in [-0.3, -0.25) is 14.9 Å². The molecule has 0 aliphatic carbocycles. The number of carbonyl (C=O) groups is 1. The van der Waals surface area contributed by atoms with E-state index in [1.54, 1.807) is 40.0 Å². The Bertz CT molecular complexity index is 511. The molecule has 6 nitrogen and oxygen atoms in total. The molecule has 0 aliphatic rings. The van der Waals surface area contributed by atoms with Crippen molar-refractivity contribution in [2.45, 2.75) is 26.3 Å². The molecular weight excluding hydrogens is 248 g/mol. The van der Waals surface area contributed by atoms with Crippen LogP contribution in [0.25, 0.3) is 0 Å². The maximum Gasteiger partial charge on any atom is 0.273 e. The van der Waals surface area contributed by atoms with Crippen LogP contribution in [0.2, 0.25) is 0 Å². The first kappa shape index (κ1) is 15.1. The first-order chi connectivity index (χ1) is 8.70. The first-order valence-corrected chi connectivity index (χ1v) is 5.85. The Balaban J connectivity index is 3.14. The summed E-state index contributed by atoms with van der Waals surface area (Å²) in [6.07, 6.45) is 0. The third kappa shape index (κ3) is 3.08. The SMILES string of the molecule is Cc1ccc(C(=O)N(C)C(C)(C)CO)cc1[N+](=O)[O-]. The molecule has 0 saturated heterocycles. The van der Waals surface area contributed by atoms with E-state index in [4.69, 9.17) is 0 Å². The number of hydrogen-bond acceptors (Lipinski definition) is 4. The maximum atomic E-state index is 12.2. The predicted molar refractivity (Wildman–Crippen MR) is 71.1 cm³/mol. The van der Waals surface area contributed by atoms with Crippen LogP contribution in [0.4, 0.5) is 5.69 Å². The molecule has 0 fully saturated rings. The fraction of sp³-hybridized carbons (Fsp3) is 0.462. The summed E-state index contributed by atoms with van der Waals surface area (Å²) < 4.78 is 0. The van der Waals surface area contributed by atoms with Gasteiger partial charge in [0.05, 0.1) is 17.1 Å². The van der Waals surface area contributed by atoms with Crippen molar-refractivity contribution in [2.24, 2.45) is 0 Å². The van der Waals surface area contributed by atoms with Crippen molar-refractivity contribution >= 4 is 11.6 Å². The van der Waals surface area contributed by atoms with Crippen LogP contribution in [0.5, 0.6) is 0 Å². The maximum absolute atomic E-state index is 12.2. The van der Waals surface area contributed by atoms with Crippen LogP contribution < -0.4 is 0 Å². The van der Waals surface area contributed by atoms with Gasteiger partial charge in [-0.05, 0) is 26.8 Å². The summed E-state index contributed by atoms with van der Waals surface area (Å²) in [4.78, 5) is 24.0. The van der Waals surface area contributed by atoms with Gasteiger partial charge in [-0.25, -0.2) is 0 Å². The number of nitro groups is 1. The van der Waals surface area contributed by atoms with Crippen molar-refractivity contribution in [3.05, 3.63) is 39.4 Å². The number of likely N-dealkylation sites (N-methyl/N-ethyl adjacent to an activating group) is 1. The van der Waals surface area contributed by atoms with E-state index in [1.807, 2.05) is 0 Å². The highest BCUT2D eigenvalue weighted by atomic mass is 16.6. The van der Waals surface area contributed by atoms with E-state index >= 15 is 0 Å². The molecule has 6 heteroatoms. The molecule has 1 rings (SSSR count). The van der Waals surface area contributed by atoms with Gasteiger partial charge in [0.2, 0.25) is 0 Å². The molecule has 0 radical (unpaired) electrons. The standard InChI is InChI=1S/C13H18N2O4/c1-9-5-6-10(7-11(9)15(18)19)12(17)14(4)13(2,3)8-16/h5-7,16H,8H2,1-4H3. The number of aliphatic hydroxyl groups excluding tert-OH is 1. The Morgan fingerprint density at radius 1 is 1.47 bits per heavy atom. The van der Waals surface area contributed by atoms with Crippen molar-refractivity contribution < 1.29 is 14.8 Å². The topological polar surface area (TPSA) is 83.7 Å². The Kier molecular flexibility index (Phi) is 4.26. The van der Waals surface area contributed by atoms with E-state index in [0.717, 1.165) is 0 Å². The monoisotopic (exact) mass is 266 g/mol. The molecule has 104 valence electrons. The molecule has 0 bridgehead atoms. The third-order valence-corrected chi connectivity index (χ3v) is 3.25. The highest BCUT2D eigenvalue weighted by Crippen LogP contribution is 2.22. The molecule has 0 aliphatic heterocycles. The molecule has 1 amide bonds. The van der Waals surface area contributed by atoms with Gasteiger partial charge >= 0.3 is 0 Å². The van der Waals surface area contributed by atoms with E-state index in [2.05, 4.69) is 0 Å². The Hall–Kier alpha value is -1.95. The summed E-state index contributed by atoms with van der Waals surface area (Å²) in [5.41, 5.74) is -0.0653. The average Bonchev–Trinajstić information content (AvgIpc) is 2.37. The highest BCUT2D eigenvalue weighted by molar-refractivity contribution is 5.95. The smallest absolute Gasteiger partial charge is 0.273 e. The number of carbonyl (C=O) groups excluding carboxylic acids is 1. The van der Waals surface area contributed by atoms with E-state index in [0.29, 0.717) is 5.56 Å². The van der Waals surface area contributed by atoms with Crippen LogP contribution in [0.1, 0.15) is 29.8 Å². The summed E-state index contributed by atoms with van der Waals surface area (Å²) in [6.45, 7) is 4.86. The minimum Gasteiger partial charge on any atom is -0.394 e. The van der Waals surface area contributed by atoms with Crippen LogP contribution in [-0.4, -0.2) is 40.0 Å². The van der Waals surface area contributed by atoms with Gasteiger partial charge in [-0.2, -0.15) is 0 Å². The molecule has 0 unspecified atom stereocenters. The molecule has 0 saturated carbocycles. The quantitative estimate of drug-likeness (QED) is 0.664. The Labute approximate surface area is 111 Å². The van der Waals surface area contributed by atoms with E-state index in [-0.39, 0.29) is 23.8 Å². The average molecular weight is 266 g/mol. The number of aryl methyl sites for hydroxylation is 1. The lowest BCUT2D eigenvalue weighted by molar-refractivity contribution is -0.385. The summed E-state index contributed by atoms with van der Waals surface area (Å²) in [7, 11) is 1.56. The molecule has 0 aromatic heterocycles. The van der Waals surface area contributed by atoms with E-state index in [1.165, 1.54) is 11.0 Å². The van der Waals surface area contributed by atoms with Crippen LogP contribution in [-0.2, 0) is 0 Å². The van der Waals surface area contributed by atoms with Gasteiger partial charge in [-0.1, -0.05) is 6.07 Å². The predicted octanol–water partition coefficient (Wildman–Crippen LogP) is 1.75. The number of amides is 1. The molecule has 0 heterocycles. The number of rotatable bonds is 4. The zero-order valence-electron chi connectivity index (χ0n) is 11.5. The van der Waals surface area contributed by atoms with Gasteiger partial charge < -0.3 is 10.0 Å².